The zero-order valence-corrected chi connectivity index (χ0v) is 13.9. The van der Waals surface area contributed by atoms with Crippen molar-refractivity contribution in [1.82, 2.24) is 0 Å². The van der Waals surface area contributed by atoms with Gasteiger partial charge < -0.3 is 9.84 Å². The Morgan fingerprint density at radius 3 is 2.52 bits per heavy atom. The van der Waals surface area contributed by atoms with E-state index in [0.29, 0.717) is 18.9 Å². The van der Waals surface area contributed by atoms with Crippen molar-refractivity contribution in [3.63, 3.8) is 0 Å². The van der Waals surface area contributed by atoms with Crippen molar-refractivity contribution in [2.75, 3.05) is 12.4 Å². The van der Waals surface area contributed by atoms with E-state index < -0.39 is 6.10 Å². The fourth-order valence-electron chi connectivity index (χ4n) is 2.16. The summed E-state index contributed by atoms with van der Waals surface area (Å²) in [6.45, 7) is 6.74. The lowest BCUT2D eigenvalue weighted by Gasteiger charge is -2.23. The number of aliphatic hydroxyl groups excluding tert-OH is 1. The molecule has 1 rings (SSSR count). The first-order valence-electron chi connectivity index (χ1n) is 7.51. The standard InChI is InChI=1S/C17H26O3S/c1-4-21-17(19)15(10-13(2)3)16(18)12-20-11-14-8-6-5-7-9-14/h5-9,13,15-16,18H,4,10-12H2,1-3H3/t15-,16+/m0/s1. The maximum absolute atomic E-state index is 12.1. The molecule has 0 saturated carbocycles. The first-order valence-corrected chi connectivity index (χ1v) is 8.49. The van der Waals surface area contributed by atoms with Gasteiger partial charge in [-0.3, -0.25) is 4.79 Å². The average molecular weight is 310 g/mol. The fraction of sp³-hybridized carbons (Fsp3) is 0.588. The Kier molecular flexibility index (Phi) is 8.66. The third-order valence-corrected chi connectivity index (χ3v) is 4.06. The van der Waals surface area contributed by atoms with E-state index in [1.54, 1.807) is 0 Å². The smallest absolute Gasteiger partial charge is 0.194 e. The van der Waals surface area contributed by atoms with Gasteiger partial charge in [-0.25, -0.2) is 0 Å². The second kappa shape index (κ2) is 9.98. The van der Waals surface area contributed by atoms with Crippen molar-refractivity contribution in [2.45, 2.75) is 39.9 Å². The Morgan fingerprint density at radius 1 is 1.29 bits per heavy atom. The zero-order valence-electron chi connectivity index (χ0n) is 13.1. The van der Waals surface area contributed by atoms with E-state index in [0.717, 1.165) is 11.3 Å². The molecule has 0 bridgehead atoms. The van der Waals surface area contributed by atoms with E-state index in [1.165, 1.54) is 11.8 Å². The molecule has 0 spiro atoms. The molecule has 0 fully saturated rings. The number of carbonyl (C=O) groups is 1. The minimum Gasteiger partial charge on any atom is -0.390 e. The molecule has 4 heteroatoms. The van der Waals surface area contributed by atoms with Gasteiger partial charge in [0.05, 0.1) is 25.2 Å². The molecule has 0 unspecified atom stereocenters. The molecule has 0 heterocycles. The number of aliphatic hydroxyl groups is 1. The quantitative estimate of drug-likeness (QED) is 0.758. The van der Waals surface area contributed by atoms with Gasteiger partial charge in [-0.05, 0) is 23.7 Å². The van der Waals surface area contributed by atoms with Crippen molar-refractivity contribution in [3.8, 4) is 0 Å². The van der Waals surface area contributed by atoms with Gasteiger partial charge in [0.1, 0.15) is 0 Å². The van der Waals surface area contributed by atoms with E-state index in [2.05, 4.69) is 13.8 Å². The normalized spacial score (nSPS) is 14.1. The Morgan fingerprint density at radius 2 is 1.95 bits per heavy atom. The highest BCUT2D eigenvalue weighted by Gasteiger charge is 2.27. The molecule has 21 heavy (non-hydrogen) atoms. The van der Waals surface area contributed by atoms with E-state index in [-0.39, 0.29) is 17.6 Å². The van der Waals surface area contributed by atoms with Crippen LogP contribution in [0.2, 0.25) is 0 Å². The molecule has 0 aromatic heterocycles. The summed E-state index contributed by atoms with van der Waals surface area (Å²) >= 11 is 1.29. The van der Waals surface area contributed by atoms with Crippen LogP contribution in [0.15, 0.2) is 30.3 Å². The Balaban J connectivity index is 2.47. The van der Waals surface area contributed by atoms with E-state index >= 15 is 0 Å². The maximum atomic E-state index is 12.1. The van der Waals surface area contributed by atoms with Crippen LogP contribution in [0.25, 0.3) is 0 Å². The van der Waals surface area contributed by atoms with Gasteiger partial charge in [-0.2, -0.15) is 0 Å². The van der Waals surface area contributed by atoms with E-state index in [9.17, 15) is 9.90 Å². The molecule has 0 radical (unpaired) electrons. The van der Waals surface area contributed by atoms with Gasteiger partial charge in [-0.1, -0.05) is 62.9 Å². The lowest BCUT2D eigenvalue weighted by atomic mass is 9.93. The van der Waals surface area contributed by atoms with Crippen molar-refractivity contribution < 1.29 is 14.6 Å². The molecule has 1 N–H and O–H groups in total. The highest BCUT2D eigenvalue weighted by Crippen LogP contribution is 2.23. The van der Waals surface area contributed by atoms with Gasteiger partial charge in [-0.15, -0.1) is 0 Å². The average Bonchev–Trinajstić information content (AvgIpc) is 2.45. The Bertz CT molecular complexity index is 406. The molecule has 0 aliphatic carbocycles. The summed E-state index contributed by atoms with van der Waals surface area (Å²) in [5.41, 5.74) is 1.07. The van der Waals surface area contributed by atoms with E-state index in [1.807, 2.05) is 37.3 Å². The molecule has 0 aliphatic rings. The van der Waals surface area contributed by atoms with Gasteiger partial charge >= 0.3 is 0 Å². The van der Waals surface area contributed by atoms with Crippen LogP contribution in [-0.4, -0.2) is 28.7 Å². The Hall–Kier alpha value is -0.840. The summed E-state index contributed by atoms with van der Waals surface area (Å²) in [5.74, 6) is 0.774. The zero-order chi connectivity index (χ0) is 15.7. The molecule has 118 valence electrons. The van der Waals surface area contributed by atoms with E-state index in [4.69, 9.17) is 4.74 Å². The maximum Gasteiger partial charge on any atom is 0.194 e. The molecule has 0 amide bonds. The van der Waals surface area contributed by atoms with Crippen LogP contribution in [0.5, 0.6) is 0 Å². The van der Waals surface area contributed by atoms with Crippen LogP contribution in [0.1, 0.15) is 32.8 Å². The number of rotatable bonds is 9. The Labute approximate surface area is 132 Å². The van der Waals surface area contributed by atoms with Crippen molar-refractivity contribution in [2.24, 2.45) is 11.8 Å². The molecular formula is C17H26O3S. The lowest BCUT2D eigenvalue weighted by Crippen LogP contribution is -2.32. The van der Waals surface area contributed by atoms with Crippen LogP contribution >= 0.6 is 11.8 Å². The number of hydrogen-bond acceptors (Lipinski definition) is 4. The lowest BCUT2D eigenvalue weighted by molar-refractivity contribution is -0.120. The molecule has 1 aromatic rings. The minimum absolute atomic E-state index is 0.0713. The molecular weight excluding hydrogens is 284 g/mol. The summed E-state index contributed by atoms with van der Waals surface area (Å²) in [5, 5.41) is 10.3. The van der Waals surface area contributed by atoms with Gasteiger partial charge in [0.15, 0.2) is 5.12 Å². The number of ether oxygens (including phenoxy) is 1. The SMILES string of the molecule is CCSC(=O)[C@@H](CC(C)C)[C@H](O)COCc1ccccc1. The second-order valence-electron chi connectivity index (χ2n) is 5.56. The minimum atomic E-state index is -0.734. The van der Waals surface area contributed by atoms with Gasteiger partial charge in [0.25, 0.3) is 0 Å². The molecule has 2 atom stereocenters. The van der Waals surface area contributed by atoms with Crippen LogP contribution in [0.3, 0.4) is 0 Å². The topological polar surface area (TPSA) is 46.5 Å². The van der Waals surface area contributed by atoms with Crippen molar-refractivity contribution >= 4 is 16.9 Å². The summed E-state index contributed by atoms with van der Waals surface area (Å²) in [6.07, 6.45) is -0.0375. The molecule has 0 saturated heterocycles. The van der Waals surface area contributed by atoms with Gasteiger partial charge in [0, 0.05) is 0 Å². The third-order valence-electron chi connectivity index (χ3n) is 3.18. The summed E-state index contributed by atoms with van der Waals surface area (Å²) in [4.78, 5) is 12.1. The van der Waals surface area contributed by atoms with Gasteiger partial charge in [0.2, 0.25) is 0 Å². The highest BCUT2D eigenvalue weighted by molar-refractivity contribution is 8.13. The number of carbonyl (C=O) groups excluding carboxylic acids is 1. The van der Waals surface area contributed by atoms with Crippen LogP contribution in [0, 0.1) is 11.8 Å². The predicted molar refractivity (Wildman–Crippen MR) is 88.2 cm³/mol. The first kappa shape index (κ1) is 18.2. The largest absolute Gasteiger partial charge is 0.390 e. The highest BCUT2D eigenvalue weighted by atomic mass is 32.2. The monoisotopic (exact) mass is 310 g/mol. The summed E-state index contributed by atoms with van der Waals surface area (Å²) < 4.78 is 5.56. The molecule has 1 aromatic carbocycles. The van der Waals surface area contributed by atoms with Crippen LogP contribution in [0.4, 0.5) is 0 Å². The summed E-state index contributed by atoms with van der Waals surface area (Å²) in [6, 6.07) is 9.83. The number of benzene rings is 1. The molecule has 0 aliphatic heterocycles. The summed E-state index contributed by atoms with van der Waals surface area (Å²) in [7, 11) is 0. The number of thioether (sulfide) groups is 1. The first-order chi connectivity index (χ1) is 10.0. The molecule has 3 nitrogen and oxygen atoms in total. The van der Waals surface area contributed by atoms with Crippen LogP contribution < -0.4 is 0 Å². The predicted octanol–water partition coefficient (Wildman–Crippen LogP) is 3.51. The third kappa shape index (κ3) is 7.11. The second-order valence-corrected chi connectivity index (χ2v) is 6.82. The fourth-order valence-corrected chi connectivity index (χ4v) is 2.91. The number of hydrogen-bond donors (Lipinski definition) is 1. The van der Waals surface area contributed by atoms with Crippen molar-refractivity contribution in [1.29, 1.82) is 0 Å². The van der Waals surface area contributed by atoms with Crippen molar-refractivity contribution in [3.05, 3.63) is 35.9 Å². The van der Waals surface area contributed by atoms with Crippen LogP contribution in [-0.2, 0) is 16.1 Å².